The minimum absolute atomic E-state index is 0.0153. The quantitative estimate of drug-likeness (QED) is 0.442. The molecule has 0 saturated carbocycles. The van der Waals surface area contributed by atoms with Gasteiger partial charge in [-0.15, -0.1) is 6.42 Å². The van der Waals surface area contributed by atoms with Gasteiger partial charge in [0.1, 0.15) is 0 Å². The molecule has 0 saturated heterocycles. The number of carbonyl (C=O) groups is 1. The summed E-state index contributed by atoms with van der Waals surface area (Å²) >= 11 is 0. The van der Waals surface area contributed by atoms with E-state index in [1.165, 1.54) is 19.3 Å². The summed E-state index contributed by atoms with van der Waals surface area (Å²) in [5, 5.41) is 0. The minimum atomic E-state index is -0.455. The van der Waals surface area contributed by atoms with Crippen LogP contribution in [-0.4, -0.2) is 15.9 Å². The second kappa shape index (κ2) is 3.49. The van der Waals surface area contributed by atoms with E-state index in [4.69, 9.17) is 6.42 Å². The molecule has 0 bridgehead atoms. The number of rotatable bonds is 1. The topological polar surface area (TPSA) is 52.1 Å². The molecular formula is C8H6N2O2. The lowest BCUT2D eigenvalue weighted by Crippen LogP contribution is -2.04. The number of nitrogens with zero attached hydrogens (tertiary/aromatic N) is 2. The van der Waals surface area contributed by atoms with Crippen molar-refractivity contribution in [3.8, 4) is 18.4 Å². The molecule has 0 aliphatic rings. The largest absolute Gasteiger partial charge is 0.391 e. The van der Waals surface area contributed by atoms with Crippen molar-refractivity contribution in [2.75, 3.05) is 0 Å². The standard InChI is InChI=1S/C8H6N2O2/c1-3-7-4-9-8(10-5-7)12-6(2)11/h1,4-5H,2H3. The lowest BCUT2D eigenvalue weighted by Gasteiger charge is -1.96. The van der Waals surface area contributed by atoms with Gasteiger partial charge < -0.3 is 4.74 Å². The van der Waals surface area contributed by atoms with Crippen molar-refractivity contribution in [2.24, 2.45) is 0 Å². The zero-order chi connectivity index (χ0) is 8.97. The lowest BCUT2D eigenvalue weighted by atomic mass is 10.4. The summed E-state index contributed by atoms with van der Waals surface area (Å²) in [6, 6.07) is 0.0153. The Hall–Kier alpha value is -1.89. The number of carbonyl (C=O) groups excluding carboxylic acids is 1. The highest BCUT2D eigenvalue weighted by atomic mass is 16.5. The van der Waals surface area contributed by atoms with Gasteiger partial charge in [-0.05, 0) is 0 Å². The molecule has 1 aromatic heterocycles. The van der Waals surface area contributed by atoms with E-state index in [9.17, 15) is 4.79 Å². The van der Waals surface area contributed by atoms with E-state index in [1.807, 2.05) is 0 Å². The zero-order valence-corrected chi connectivity index (χ0v) is 6.44. The third-order valence-corrected chi connectivity index (χ3v) is 1.03. The minimum Gasteiger partial charge on any atom is -0.391 e. The van der Waals surface area contributed by atoms with Crippen LogP contribution in [0.1, 0.15) is 12.5 Å². The molecule has 0 radical (unpaired) electrons. The average Bonchev–Trinajstić information content (AvgIpc) is 2.05. The molecule has 0 aromatic carbocycles. The van der Waals surface area contributed by atoms with E-state index in [2.05, 4.69) is 20.6 Å². The molecule has 4 nitrogen and oxygen atoms in total. The number of hydrogen-bond donors (Lipinski definition) is 0. The highest BCUT2D eigenvalue weighted by Gasteiger charge is 1.99. The van der Waals surface area contributed by atoms with Crippen molar-refractivity contribution in [1.29, 1.82) is 0 Å². The number of terminal acetylenes is 1. The molecule has 1 aromatic rings. The molecule has 12 heavy (non-hydrogen) atoms. The summed E-state index contributed by atoms with van der Waals surface area (Å²) in [4.78, 5) is 17.8. The van der Waals surface area contributed by atoms with Gasteiger partial charge >= 0.3 is 12.0 Å². The third-order valence-electron chi connectivity index (χ3n) is 1.03. The van der Waals surface area contributed by atoms with Crippen LogP contribution in [0.5, 0.6) is 6.01 Å². The van der Waals surface area contributed by atoms with Crippen LogP contribution >= 0.6 is 0 Å². The Balaban J connectivity index is 2.80. The predicted octanol–water partition coefficient (Wildman–Crippen LogP) is 0.383. The van der Waals surface area contributed by atoms with Crippen molar-refractivity contribution in [1.82, 2.24) is 9.97 Å². The van der Waals surface area contributed by atoms with E-state index in [-0.39, 0.29) is 6.01 Å². The van der Waals surface area contributed by atoms with Gasteiger partial charge in [-0.3, -0.25) is 4.79 Å². The second-order valence-corrected chi connectivity index (χ2v) is 1.99. The highest BCUT2D eigenvalue weighted by molar-refractivity contribution is 5.68. The lowest BCUT2D eigenvalue weighted by molar-refractivity contribution is -0.132. The summed E-state index contributed by atoms with van der Waals surface area (Å²) in [5.74, 6) is 1.89. The molecule has 0 fully saturated rings. The molecule has 0 unspecified atom stereocenters. The predicted molar refractivity (Wildman–Crippen MR) is 41.3 cm³/mol. The Morgan fingerprint density at radius 1 is 1.58 bits per heavy atom. The molecule has 0 spiro atoms. The van der Waals surface area contributed by atoms with Gasteiger partial charge in [0.15, 0.2) is 0 Å². The van der Waals surface area contributed by atoms with Crippen molar-refractivity contribution in [3.05, 3.63) is 18.0 Å². The number of aromatic nitrogens is 2. The average molecular weight is 162 g/mol. The molecule has 0 N–H and O–H groups in total. The van der Waals surface area contributed by atoms with E-state index < -0.39 is 5.97 Å². The smallest absolute Gasteiger partial charge is 0.324 e. The Kier molecular flexibility index (Phi) is 2.38. The van der Waals surface area contributed by atoms with Crippen LogP contribution in [0.3, 0.4) is 0 Å². The normalized spacial score (nSPS) is 8.67. The summed E-state index contributed by atoms with van der Waals surface area (Å²) < 4.78 is 4.58. The van der Waals surface area contributed by atoms with Crippen LogP contribution in [0.15, 0.2) is 12.4 Å². The SMILES string of the molecule is C#Cc1cnc(OC(C)=O)nc1. The van der Waals surface area contributed by atoms with Crippen LogP contribution in [0.4, 0.5) is 0 Å². The molecule has 0 atom stereocenters. The van der Waals surface area contributed by atoms with Gasteiger partial charge in [-0.25, -0.2) is 9.97 Å². The third kappa shape index (κ3) is 2.06. The molecule has 60 valence electrons. The molecule has 0 aliphatic carbocycles. The van der Waals surface area contributed by atoms with Gasteiger partial charge in [0, 0.05) is 19.3 Å². The Bertz CT molecular complexity index is 324. The summed E-state index contributed by atoms with van der Waals surface area (Å²) in [7, 11) is 0. The number of hydrogen-bond acceptors (Lipinski definition) is 4. The van der Waals surface area contributed by atoms with E-state index in [1.54, 1.807) is 0 Å². The fourth-order valence-electron chi connectivity index (χ4n) is 0.572. The fourth-order valence-corrected chi connectivity index (χ4v) is 0.572. The Morgan fingerprint density at radius 3 is 2.58 bits per heavy atom. The van der Waals surface area contributed by atoms with Crippen LogP contribution < -0.4 is 4.74 Å². The van der Waals surface area contributed by atoms with Gasteiger partial charge in [0.2, 0.25) is 0 Å². The maximum Gasteiger partial charge on any atom is 0.324 e. The van der Waals surface area contributed by atoms with Crippen molar-refractivity contribution in [2.45, 2.75) is 6.92 Å². The maximum absolute atomic E-state index is 10.4. The van der Waals surface area contributed by atoms with Crippen LogP contribution in [-0.2, 0) is 4.79 Å². The first-order valence-corrected chi connectivity index (χ1v) is 3.19. The van der Waals surface area contributed by atoms with Gasteiger partial charge in [0.25, 0.3) is 0 Å². The van der Waals surface area contributed by atoms with E-state index >= 15 is 0 Å². The number of ether oxygens (including phenoxy) is 1. The first-order chi connectivity index (χ1) is 5.72. The van der Waals surface area contributed by atoms with Gasteiger partial charge in [-0.2, -0.15) is 0 Å². The van der Waals surface area contributed by atoms with Gasteiger partial charge in [0.05, 0.1) is 5.56 Å². The van der Waals surface area contributed by atoms with Crippen molar-refractivity contribution in [3.63, 3.8) is 0 Å². The van der Waals surface area contributed by atoms with Crippen molar-refractivity contribution < 1.29 is 9.53 Å². The van der Waals surface area contributed by atoms with Gasteiger partial charge in [-0.1, -0.05) is 5.92 Å². The zero-order valence-electron chi connectivity index (χ0n) is 6.44. The maximum atomic E-state index is 10.4. The summed E-state index contributed by atoms with van der Waals surface area (Å²) in [6.07, 6.45) is 7.88. The second-order valence-electron chi connectivity index (χ2n) is 1.99. The molecule has 1 rings (SSSR count). The summed E-state index contributed by atoms with van der Waals surface area (Å²) in [6.45, 7) is 1.28. The molecule has 4 heteroatoms. The van der Waals surface area contributed by atoms with Crippen LogP contribution in [0.25, 0.3) is 0 Å². The molecule has 0 aliphatic heterocycles. The van der Waals surface area contributed by atoms with Crippen LogP contribution in [0, 0.1) is 12.3 Å². The first-order valence-electron chi connectivity index (χ1n) is 3.19. The number of esters is 1. The molecule has 0 amide bonds. The summed E-state index contributed by atoms with van der Waals surface area (Å²) in [5.41, 5.74) is 0.547. The Morgan fingerprint density at radius 2 is 2.17 bits per heavy atom. The molecule has 1 heterocycles. The monoisotopic (exact) mass is 162 g/mol. The molecular weight excluding hydrogens is 156 g/mol. The van der Waals surface area contributed by atoms with E-state index in [0.717, 1.165) is 0 Å². The Labute approximate surface area is 69.6 Å². The fraction of sp³-hybridized carbons (Fsp3) is 0.125. The van der Waals surface area contributed by atoms with Crippen LogP contribution in [0.2, 0.25) is 0 Å². The first kappa shape index (κ1) is 8.21. The van der Waals surface area contributed by atoms with Crippen molar-refractivity contribution >= 4 is 5.97 Å². The highest BCUT2D eigenvalue weighted by Crippen LogP contribution is 2.00. The van der Waals surface area contributed by atoms with E-state index in [0.29, 0.717) is 5.56 Å².